The lowest BCUT2D eigenvalue weighted by Gasteiger charge is -2.34. The van der Waals surface area contributed by atoms with E-state index in [4.69, 9.17) is 20.7 Å². The van der Waals surface area contributed by atoms with Crippen LogP contribution in [0.2, 0.25) is 0 Å². The fourth-order valence-electron chi connectivity index (χ4n) is 2.61. The molecule has 8 heteroatoms. The van der Waals surface area contributed by atoms with Gasteiger partial charge in [0.15, 0.2) is 0 Å². The zero-order valence-corrected chi connectivity index (χ0v) is 17.9. The van der Waals surface area contributed by atoms with Crippen molar-refractivity contribution in [2.75, 3.05) is 90.9 Å². The Morgan fingerprint density at radius 3 is 1.92 bits per heavy atom. The summed E-state index contributed by atoms with van der Waals surface area (Å²) in [5, 5.41) is 6.68. The van der Waals surface area contributed by atoms with E-state index in [2.05, 4.69) is 40.5 Å². The Hall–Kier alpha value is 0.330. The highest BCUT2D eigenvalue weighted by molar-refractivity contribution is 8.28. The number of nitrogens with one attached hydrogen (secondary N) is 2. The third kappa shape index (κ3) is 14.1. The second-order valence-corrected chi connectivity index (χ2v) is 9.88. The number of ether oxygens (including phenoxy) is 2. The summed E-state index contributed by atoms with van der Waals surface area (Å²) in [5.41, 5.74) is 0. The van der Waals surface area contributed by atoms with Crippen LogP contribution in [0.4, 0.5) is 0 Å². The van der Waals surface area contributed by atoms with Gasteiger partial charge in [0, 0.05) is 64.3 Å². The quantitative estimate of drug-likeness (QED) is 0.376. The molecule has 1 heterocycles. The maximum atomic E-state index is 5.69. The second kappa shape index (κ2) is 15.4. The van der Waals surface area contributed by atoms with E-state index in [1.165, 1.54) is 0 Å². The Balaban J connectivity index is 1.88. The van der Waals surface area contributed by atoms with Crippen LogP contribution >= 0.6 is 0 Å². The Bertz CT molecular complexity index is 341. The third-order valence-corrected chi connectivity index (χ3v) is 5.06. The van der Waals surface area contributed by atoms with Gasteiger partial charge in [-0.1, -0.05) is 25.0 Å². The van der Waals surface area contributed by atoms with Crippen LogP contribution < -0.4 is 10.6 Å². The molecule has 25 heavy (non-hydrogen) atoms. The van der Waals surface area contributed by atoms with E-state index in [9.17, 15) is 0 Å². The molecular weight excluding hydrogens is 356 g/mol. The average Bonchev–Trinajstić information content (AvgIpc) is 2.58. The van der Waals surface area contributed by atoms with Gasteiger partial charge in [-0.3, -0.25) is 9.80 Å². The predicted octanol–water partition coefficient (Wildman–Crippen LogP) is -0.108. The highest BCUT2D eigenvalue weighted by atomic mass is 32.8. The van der Waals surface area contributed by atoms with Gasteiger partial charge < -0.3 is 20.1 Å². The summed E-state index contributed by atoms with van der Waals surface area (Å²) < 4.78 is 11.4. The summed E-state index contributed by atoms with van der Waals surface area (Å²) in [4.78, 5) is 4.98. The highest BCUT2D eigenvalue weighted by Gasteiger charge is 2.15. The lowest BCUT2D eigenvalue weighted by atomic mass is 10.3. The predicted molar refractivity (Wildman–Crippen MR) is 111 cm³/mol. The first-order chi connectivity index (χ1) is 12.1. The molecule has 0 radical (unpaired) electrons. The fraction of sp³-hybridized carbons (Fsp3) is 1.00. The summed E-state index contributed by atoms with van der Waals surface area (Å²) >= 11 is 5.13. The smallest absolute Gasteiger partial charge is 0.0594 e. The van der Waals surface area contributed by atoms with Crippen LogP contribution in [0, 0.1) is 0 Å². The summed E-state index contributed by atoms with van der Waals surface area (Å²) in [6.45, 7) is 16.0. The number of nitrogens with zero attached hydrogens (tertiary/aromatic N) is 2. The van der Waals surface area contributed by atoms with Crippen molar-refractivity contribution in [2.45, 2.75) is 19.9 Å². The first-order valence-electron chi connectivity index (χ1n) is 9.42. The van der Waals surface area contributed by atoms with E-state index < -0.39 is 0 Å². The minimum Gasteiger partial charge on any atom is -0.379 e. The number of rotatable bonds is 15. The van der Waals surface area contributed by atoms with E-state index in [-0.39, 0.29) is 9.45 Å². The molecule has 1 fully saturated rings. The van der Waals surface area contributed by atoms with Gasteiger partial charge in [-0.05, 0) is 6.26 Å². The number of hydrogen-bond donors (Lipinski definition) is 2. The van der Waals surface area contributed by atoms with Crippen molar-refractivity contribution in [1.82, 2.24) is 20.4 Å². The Morgan fingerprint density at radius 2 is 1.44 bits per heavy atom. The SMILES string of the molecule is CC(C)NCCOCCN1CCN(CCOCCNCS(C)=S)CC1. The fourth-order valence-corrected chi connectivity index (χ4v) is 3.29. The van der Waals surface area contributed by atoms with Crippen LogP contribution in [0.1, 0.15) is 13.8 Å². The topological polar surface area (TPSA) is 49.0 Å². The standard InChI is InChI=1S/C17H38N4O2S2/c1-17(2)19-5-13-23-15-11-21-8-6-20(7-9-21)10-14-22-12-4-18-16-25(3)24/h17-19H,4-16H2,1-3H3. The van der Waals surface area contributed by atoms with Gasteiger partial charge in [-0.15, -0.1) is 9.45 Å². The zero-order chi connectivity index (χ0) is 18.3. The minimum absolute atomic E-state index is 0.0550. The summed E-state index contributed by atoms with van der Waals surface area (Å²) in [7, 11) is 0.0550. The molecule has 0 bridgehead atoms. The number of hydrogen-bond acceptors (Lipinski definition) is 7. The molecule has 1 atom stereocenters. The molecule has 0 amide bonds. The molecule has 0 spiro atoms. The van der Waals surface area contributed by atoms with Gasteiger partial charge in [0.25, 0.3) is 0 Å². The minimum atomic E-state index is 0.0550. The summed E-state index contributed by atoms with van der Waals surface area (Å²) in [6.07, 6.45) is 2.07. The molecule has 1 rings (SSSR count). The molecule has 6 nitrogen and oxygen atoms in total. The first-order valence-corrected chi connectivity index (χ1v) is 12.1. The largest absolute Gasteiger partial charge is 0.379 e. The van der Waals surface area contributed by atoms with E-state index >= 15 is 0 Å². The van der Waals surface area contributed by atoms with Gasteiger partial charge in [-0.25, -0.2) is 0 Å². The molecular formula is C17H38N4O2S2. The average molecular weight is 395 g/mol. The molecule has 2 N–H and O–H groups in total. The Morgan fingerprint density at radius 1 is 0.920 bits per heavy atom. The lowest BCUT2D eigenvalue weighted by Crippen LogP contribution is -2.48. The molecule has 0 aliphatic carbocycles. The van der Waals surface area contributed by atoms with Gasteiger partial charge in [0.1, 0.15) is 0 Å². The maximum Gasteiger partial charge on any atom is 0.0594 e. The van der Waals surface area contributed by atoms with Crippen LogP contribution in [0.3, 0.4) is 0 Å². The van der Waals surface area contributed by atoms with Gasteiger partial charge in [-0.2, -0.15) is 0 Å². The van der Waals surface area contributed by atoms with Crippen LogP contribution in [-0.2, 0) is 30.1 Å². The Kier molecular flexibility index (Phi) is 14.4. The van der Waals surface area contributed by atoms with Crippen molar-refractivity contribution in [2.24, 2.45) is 0 Å². The first kappa shape index (κ1) is 23.4. The Labute approximate surface area is 161 Å². The van der Waals surface area contributed by atoms with E-state index in [1.807, 2.05) is 0 Å². The van der Waals surface area contributed by atoms with Crippen LogP contribution in [0.5, 0.6) is 0 Å². The van der Waals surface area contributed by atoms with Crippen LogP contribution in [0.15, 0.2) is 0 Å². The molecule has 1 saturated heterocycles. The van der Waals surface area contributed by atoms with Crippen molar-refractivity contribution in [3.8, 4) is 0 Å². The van der Waals surface area contributed by atoms with Crippen molar-refractivity contribution in [1.29, 1.82) is 0 Å². The van der Waals surface area contributed by atoms with E-state index in [1.54, 1.807) is 0 Å². The monoisotopic (exact) mass is 394 g/mol. The molecule has 0 aromatic carbocycles. The maximum absolute atomic E-state index is 5.69. The highest BCUT2D eigenvalue weighted by Crippen LogP contribution is 2.01. The molecule has 0 aromatic rings. The molecule has 0 aromatic heterocycles. The summed E-state index contributed by atoms with van der Waals surface area (Å²) in [5.74, 6) is 0.915. The van der Waals surface area contributed by atoms with Crippen molar-refractivity contribution in [3.63, 3.8) is 0 Å². The van der Waals surface area contributed by atoms with Gasteiger partial charge in [0.2, 0.25) is 0 Å². The van der Waals surface area contributed by atoms with Gasteiger partial charge in [0.05, 0.1) is 26.4 Å². The van der Waals surface area contributed by atoms with E-state index in [0.717, 1.165) is 84.7 Å². The summed E-state index contributed by atoms with van der Waals surface area (Å²) in [6, 6.07) is 0.535. The molecule has 0 saturated carbocycles. The van der Waals surface area contributed by atoms with Crippen LogP contribution in [-0.4, -0.2) is 107 Å². The van der Waals surface area contributed by atoms with Crippen molar-refractivity contribution in [3.05, 3.63) is 0 Å². The van der Waals surface area contributed by atoms with Crippen molar-refractivity contribution < 1.29 is 9.47 Å². The van der Waals surface area contributed by atoms with E-state index in [0.29, 0.717) is 6.04 Å². The van der Waals surface area contributed by atoms with Gasteiger partial charge >= 0.3 is 0 Å². The van der Waals surface area contributed by atoms with Crippen molar-refractivity contribution >= 4 is 20.6 Å². The molecule has 1 aliphatic heterocycles. The molecule has 1 aliphatic rings. The zero-order valence-electron chi connectivity index (χ0n) is 16.3. The normalized spacial score (nSPS) is 18.1. The second-order valence-electron chi connectivity index (χ2n) is 6.73. The molecule has 1 unspecified atom stereocenters. The third-order valence-electron chi connectivity index (χ3n) is 4.10. The lowest BCUT2D eigenvalue weighted by molar-refractivity contribution is 0.0578. The van der Waals surface area contributed by atoms with Crippen LogP contribution in [0.25, 0.3) is 0 Å². The molecule has 150 valence electrons. The number of piperazine rings is 1.